The molecule has 0 spiro atoms. The molecular weight excluding hydrogens is 344 g/mol. The lowest BCUT2D eigenvalue weighted by Crippen LogP contribution is -2.56. The van der Waals surface area contributed by atoms with Gasteiger partial charge in [-0.2, -0.15) is 0 Å². The molecular formula is C21H32N2O4. The quantitative estimate of drug-likeness (QED) is 0.698. The Morgan fingerprint density at radius 2 is 2.04 bits per heavy atom. The second-order valence-electron chi connectivity index (χ2n) is 7.39. The first-order valence-corrected chi connectivity index (χ1v) is 9.96. The van der Waals surface area contributed by atoms with Gasteiger partial charge in [0.1, 0.15) is 0 Å². The largest absolute Gasteiger partial charge is 0.493 e. The van der Waals surface area contributed by atoms with Crippen LogP contribution in [-0.2, 0) is 16.1 Å². The first-order valence-electron chi connectivity index (χ1n) is 9.96. The third kappa shape index (κ3) is 4.74. The number of hydrogen-bond acceptors (Lipinski definition) is 5. The molecule has 3 rings (SSSR count). The highest BCUT2D eigenvalue weighted by Gasteiger charge is 2.38. The Morgan fingerprint density at radius 3 is 2.78 bits per heavy atom. The summed E-state index contributed by atoms with van der Waals surface area (Å²) in [5.41, 5.74) is 1.24. The van der Waals surface area contributed by atoms with Crippen LogP contribution in [-0.4, -0.2) is 68.8 Å². The van der Waals surface area contributed by atoms with Crippen molar-refractivity contribution in [3.05, 3.63) is 23.8 Å². The van der Waals surface area contributed by atoms with Gasteiger partial charge >= 0.3 is 0 Å². The number of fused-ring (bicyclic) bond motifs is 1. The summed E-state index contributed by atoms with van der Waals surface area (Å²) in [5.74, 6) is 2.43. The second kappa shape index (κ2) is 9.42. The van der Waals surface area contributed by atoms with Gasteiger partial charge in [0.05, 0.1) is 20.3 Å². The number of nitrogens with zero attached hydrogens (tertiary/aromatic N) is 2. The van der Waals surface area contributed by atoms with Crippen LogP contribution in [0, 0.1) is 5.92 Å². The van der Waals surface area contributed by atoms with E-state index in [1.165, 1.54) is 5.56 Å². The topological polar surface area (TPSA) is 51.2 Å². The van der Waals surface area contributed by atoms with Gasteiger partial charge in [0.15, 0.2) is 11.5 Å². The Labute approximate surface area is 162 Å². The van der Waals surface area contributed by atoms with Gasteiger partial charge in [-0.3, -0.25) is 9.69 Å². The van der Waals surface area contributed by atoms with Crippen molar-refractivity contribution in [3.8, 4) is 11.5 Å². The summed E-state index contributed by atoms with van der Waals surface area (Å²) in [6, 6.07) is 6.55. The molecule has 0 N–H and O–H groups in total. The molecule has 0 bridgehead atoms. The molecule has 0 radical (unpaired) electrons. The number of carbonyl (C=O) groups excluding carboxylic acids is 1. The molecule has 2 aliphatic heterocycles. The maximum atomic E-state index is 12.3. The molecule has 2 aliphatic rings. The van der Waals surface area contributed by atoms with Crippen LogP contribution < -0.4 is 9.47 Å². The van der Waals surface area contributed by atoms with Gasteiger partial charge in [0, 0.05) is 45.8 Å². The SMILES string of the molecule is CCOc1cc(CN2CC[C@@H]3[C@@H](CCC(=O)N3CCOC)C2)ccc1OC. The molecule has 2 fully saturated rings. The predicted molar refractivity (Wildman–Crippen MR) is 104 cm³/mol. The second-order valence-corrected chi connectivity index (χ2v) is 7.39. The number of ether oxygens (including phenoxy) is 3. The minimum Gasteiger partial charge on any atom is -0.493 e. The zero-order chi connectivity index (χ0) is 19.2. The Kier molecular flexibility index (Phi) is 6.96. The van der Waals surface area contributed by atoms with Gasteiger partial charge < -0.3 is 19.1 Å². The van der Waals surface area contributed by atoms with Crippen molar-refractivity contribution in [2.75, 3.05) is 47.1 Å². The lowest BCUT2D eigenvalue weighted by atomic mass is 9.83. The van der Waals surface area contributed by atoms with Gasteiger partial charge in [0.25, 0.3) is 0 Å². The van der Waals surface area contributed by atoms with E-state index in [1.54, 1.807) is 14.2 Å². The minimum atomic E-state index is 0.290. The van der Waals surface area contributed by atoms with Crippen LogP contribution in [0.4, 0.5) is 0 Å². The summed E-state index contributed by atoms with van der Waals surface area (Å²) in [5, 5.41) is 0. The Morgan fingerprint density at radius 1 is 1.19 bits per heavy atom. The van der Waals surface area contributed by atoms with Crippen molar-refractivity contribution in [2.24, 2.45) is 5.92 Å². The summed E-state index contributed by atoms with van der Waals surface area (Å²) in [4.78, 5) is 16.9. The predicted octanol–water partition coefficient (Wildman–Crippen LogP) is 2.55. The van der Waals surface area contributed by atoms with E-state index < -0.39 is 0 Å². The molecule has 150 valence electrons. The van der Waals surface area contributed by atoms with E-state index in [4.69, 9.17) is 14.2 Å². The summed E-state index contributed by atoms with van der Waals surface area (Å²) in [6.45, 7) is 6.89. The van der Waals surface area contributed by atoms with Crippen LogP contribution in [0.15, 0.2) is 18.2 Å². The third-order valence-corrected chi connectivity index (χ3v) is 5.70. The number of benzene rings is 1. The highest BCUT2D eigenvalue weighted by Crippen LogP contribution is 2.33. The van der Waals surface area contributed by atoms with E-state index in [0.29, 0.717) is 44.0 Å². The number of piperidine rings is 2. The monoisotopic (exact) mass is 376 g/mol. The van der Waals surface area contributed by atoms with Crippen LogP contribution >= 0.6 is 0 Å². The van der Waals surface area contributed by atoms with Gasteiger partial charge in [-0.1, -0.05) is 6.07 Å². The fourth-order valence-electron chi connectivity index (χ4n) is 4.40. The van der Waals surface area contributed by atoms with Crippen molar-refractivity contribution in [2.45, 2.75) is 38.8 Å². The molecule has 2 atom stereocenters. The number of rotatable bonds is 8. The van der Waals surface area contributed by atoms with Gasteiger partial charge in [0.2, 0.25) is 5.91 Å². The number of amides is 1. The zero-order valence-corrected chi connectivity index (χ0v) is 16.8. The molecule has 1 aromatic carbocycles. The van der Waals surface area contributed by atoms with E-state index in [0.717, 1.165) is 44.0 Å². The average molecular weight is 376 g/mol. The van der Waals surface area contributed by atoms with Crippen molar-refractivity contribution in [3.63, 3.8) is 0 Å². The molecule has 27 heavy (non-hydrogen) atoms. The normalized spacial score (nSPS) is 23.2. The number of carbonyl (C=O) groups is 1. The molecule has 0 aromatic heterocycles. The smallest absolute Gasteiger partial charge is 0.222 e. The lowest BCUT2D eigenvalue weighted by molar-refractivity contribution is -0.142. The van der Waals surface area contributed by atoms with E-state index in [2.05, 4.69) is 21.9 Å². The van der Waals surface area contributed by atoms with Gasteiger partial charge in [-0.25, -0.2) is 0 Å². The standard InChI is InChI=1S/C21H32N2O4/c1-4-27-20-13-16(5-7-19(20)26-3)14-22-10-9-18-17(15-22)6-8-21(24)23(18)11-12-25-2/h5,7,13,17-18H,4,6,8-12,14-15H2,1-3H3/t17-,18+/m0/s1. The van der Waals surface area contributed by atoms with E-state index in [-0.39, 0.29) is 0 Å². The fourth-order valence-corrected chi connectivity index (χ4v) is 4.40. The van der Waals surface area contributed by atoms with Gasteiger partial charge in [-0.15, -0.1) is 0 Å². The molecule has 6 nitrogen and oxygen atoms in total. The lowest BCUT2D eigenvalue weighted by Gasteiger charge is -2.47. The zero-order valence-electron chi connectivity index (χ0n) is 16.8. The highest BCUT2D eigenvalue weighted by molar-refractivity contribution is 5.77. The molecule has 0 aliphatic carbocycles. The van der Waals surface area contributed by atoms with Crippen molar-refractivity contribution in [1.29, 1.82) is 0 Å². The number of likely N-dealkylation sites (tertiary alicyclic amines) is 2. The molecule has 1 amide bonds. The molecule has 6 heteroatoms. The Balaban J connectivity index is 1.63. The highest BCUT2D eigenvalue weighted by atomic mass is 16.5. The minimum absolute atomic E-state index is 0.290. The third-order valence-electron chi connectivity index (χ3n) is 5.70. The Bertz CT molecular complexity index is 637. The van der Waals surface area contributed by atoms with Crippen LogP contribution in [0.5, 0.6) is 11.5 Å². The van der Waals surface area contributed by atoms with Crippen molar-refractivity contribution < 1.29 is 19.0 Å². The Hall–Kier alpha value is -1.79. The molecule has 2 saturated heterocycles. The molecule has 0 saturated carbocycles. The first-order chi connectivity index (χ1) is 13.2. The summed E-state index contributed by atoms with van der Waals surface area (Å²) in [6.07, 6.45) is 2.70. The molecule has 2 heterocycles. The van der Waals surface area contributed by atoms with E-state index >= 15 is 0 Å². The van der Waals surface area contributed by atoms with E-state index in [1.807, 2.05) is 13.0 Å². The van der Waals surface area contributed by atoms with E-state index in [9.17, 15) is 4.79 Å². The van der Waals surface area contributed by atoms with Crippen molar-refractivity contribution in [1.82, 2.24) is 9.80 Å². The van der Waals surface area contributed by atoms with Crippen molar-refractivity contribution >= 4 is 5.91 Å². The summed E-state index contributed by atoms with van der Waals surface area (Å²) in [7, 11) is 3.36. The number of hydrogen-bond donors (Lipinski definition) is 0. The van der Waals surface area contributed by atoms with Crippen LogP contribution in [0.3, 0.4) is 0 Å². The maximum Gasteiger partial charge on any atom is 0.222 e. The number of methoxy groups -OCH3 is 2. The average Bonchev–Trinajstić information content (AvgIpc) is 2.68. The summed E-state index contributed by atoms with van der Waals surface area (Å²) >= 11 is 0. The van der Waals surface area contributed by atoms with Gasteiger partial charge in [-0.05, 0) is 43.4 Å². The molecule has 1 aromatic rings. The van der Waals surface area contributed by atoms with Crippen LogP contribution in [0.2, 0.25) is 0 Å². The first kappa shape index (κ1) is 20.0. The van der Waals surface area contributed by atoms with Crippen LogP contribution in [0.1, 0.15) is 31.7 Å². The fraction of sp³-hybridized carbons (Fsp3) is 0.667. The maximum absolute atomic E-state index is 12.3. The molecule has 0 unspecified atom stereocenters. The van der Waals surface area contributed by atoms with Crippen LogP contribution in [0.25, 0.3) is 0 Å². The summed E-state index contributed by atoms with van der Waals surface area (Å²) < 4.78 is 16.3.